The number of nitrogens with one attached hydrogen (secondary N) is 1. The number of carbonyl (C=O) groups excluding carboxylic acids is 1. The van der Waals surface area contributed by atoms with Crippen molar-refractivity contribution >= 4 is 40.1 Å². The molecule has 3 nitrogen and oxygen atoms in total. The first-order chi connectivity index (χ1) is 15.5. The molecule has 0 bridgehead atoms. The Labute approximate surface area is 210 Å². The van der Waals surface area contributed by atoms with E-state index < -0.39 is 18.2 Å². The van der Waals surface area contributed by atoms with Crippen molar-refractivity contribution < 1.29 is 22.7 Å². The molecule has 1 aliphatic carbocycles. The van der Waals surface area contributed by atoms with Crippen LogP contribution >= 0.6 is 34.2 Å². The van der Waals surface area contributed by atoms with Crippen molar-refractivity contribution in [3.8, 4) is 5.75 Å². The lowest BCUT2D eigenvalue weighted by Crippen LogP contribution is -2.42. The minimum Gasteiger partial charge on any atom is -0.484 e. The first-order valence-electron chi connectivity index (χ1n) is 11.0. The average Bonchev–Trinajstić information content (AvgIpc) is 3.00. The zero-order chi connectivity index (χ0) is 24.0. The Morgan fingerprint density at radius 1 is 1.21 bits per heavy atom. The molecule has 2 aromatic rings. The highest BCUT2D eigenvalue weighted by molar-refractivity contribution is 14.1. The molecule has 2 aromatic carbocycles. The summed E-state index contributed by atoms with van der Waals surface area (Å²) in [5.74, 6) is 0.338. The number of hydrogen-bond acceptors (Lipinski definition) is 2. The fourth-order valence-corrected chi connectivity index (χ4v) is 6.54. The van der Waals surface area contributed by atoms with Gasteiger partial charge in [0.2, 0.25) is 5.91 Å². The van der Waals surface area contributed by atoms with Gasteiger partial charge in [-0.25, -0.2) is 0 Å². The van der Waals surface area contributed by atoms with Gasteiger partial charge in [-0.05, 0) is 60.4 Å². The molecule has 8 heteroatoms. The van der Waals surface area contributed by atoms with E-state index in [0.717, 1.165) is 28.4 Å². The van der Waals surface area contributed by atoms with Gasteiger partial charge >= 0.3 is 6.18 Å². The molecule has 33 heavy (non-hydrogen) atoms. The Kier molecular flexibility index (Phi) is 6.93. The van der Waals surface area contributed by atoms with Crippen LogP contribution in [0.4, 0.5) is 13.2 Å². The number of fused-ring (bicyclic) bond motifs is 1. The highest BCUT2D eigenvalue weighted by Gasteiger charge is 2.57. The van der Waals surface area contributed by atoms with E-state index in [9.17, 15) is 18.0 Å². The molecular weight excluding hydrogens is 566 g/mol. The highest BCUT2D eigenvalue weighted by atomic mass is 127. The van der Waals surface area contributed by atoms with E-state index >= 15 is 0 Å². The Morgan fingerprint density at radius 3 is 2.52 bits per heavy atom. The van der Waals surface area contributed by atoms with E-state index in [2.05, 4.69) is 66.0 Å². The number of amides is 1. The molecule has 178 valence electrons. The second kappa shape index (κ2) is 9.29. The molecule has 0 aromatic heterocycles. The van der Waals surface area contributed by atoms with Crippen molar-refractivity contribution in [3.63, 3.8) is 0 Å². The number of benzene rings is 2. The van der Waals surface area contributed by atoms with Gasteiger partial charge in [-0.1, -0.05) is 71.4 Å². The number of hydrogen-bond donors (Lipinski definition) is 1. The topological polar surface area (TPSA) is 38.3 Å². The van der Waals surface area contributed by atoms with Gasteiger partial charge in [0.15, 0.2) is 6.61 Å². The van der Waals surface area contributed by atoms with Crippen LogP contribution in [0.2, 0.25) is 5.02 Å². The Balaban J connectivity index is 1.72. The zero-order valence-corrected chi connectivity index (χ0v) is 21.3. The molecule has 0 radical (unpaired) electrons. The van der Waals surface area contributed by atoms with Crippen molar-refractivity contribution in [1.82, 2.24) is 5.32 Å². The lowest BCUT2D eigenvalue weighted by molar-refractivity contribution is -0.153. The molecule has 2 aliphatic rings. The van der Waals surface area contributed by atoms with Crippen LogP contribution in [0.5, 0.6) is 5.75 Å². The molecule has 1 saturated carbocycles. The molecule has 2 fully saturated rings. The summed E-state index contributed by atoms with van der Waals surface area (Å²) < 4.78 is 43.4. The number of halogens is 5. The first-order valence-corrected chi connectivity index (χ1v) is 12.9. The first kappa shape index (κ1) is 24.6. The third kappa shape index (κ3) is 4.85. The van der Waals surface area contributed by atoms with Crippen LogP contribution in [0.3, 0.4) is 0 Å². The number of rotatable bonds is 5. The highest BCUT2D eigenvalue weighted by Crippen LogP contribution is 2.59. The SMILES string of the molecule is C[C@H]1NC(=O)[C@]2(C)CC[C@@H](c3ccc(OCC(F)(F)F)cc3Cl)[C@H](c3ccc(CI)cc3)[C@H]12. The van der Waals surface area contributed by atoms with Crippen molar-refractivity contribution in [1.29, 1.82) is 0 Å². The van der Waals surface area contributed by atoms with Crippen molar-refractivity contribution in [3.05, 3.63) is 64.2 Å². The monoisotopic (exact) mass is 591 g/mol. The molecular formula is C25H26ClF3INO2. The van der Waals surface area contributed by atoms with E-state index in [1.807, 2.05) is 0 Å². The number of ether oxygens (including phenoxy) is 1. The second-order valence-electron chi connectivity index (χ2n) is 9.34. The van der Waals surface area contributed by atoms with Crippen LogP contribution in [-0.2, 0) is 9.22 Å². The van der Waals surface area contributed by atoms with Gasteiger partial charge in [0.05, 0.1) is 5.41 Å². The largest absolute Gasteiger partial charge is 0.484 e. The molecule has 1 heterocycles. The van der Waals surface area contributed by atoms with Crippen LogP contribution in [0.25, 0.3) is 0 Å². The van der Waals surface area contributed by atoms with Crippen molar-refractivity contribution in [2.75, 3.05) is 6.61 Å². The summed E-state index contributed by atoms with van der Waals surface area (Å²) in [7, 11) is 0. The number of carbonyl (C=O) groups is 1. The van der Waals surface area contributed by atoms with Crippen LogP contribution in [0, 0.1) is 11.3 Å². The van der Waals surface area contributed by atoms with Crippen LogP contribution in [0.15, 0.2) is 42.5 Å². The predicted octanol–water partition coefficient (Wildman–Crippen LogP) is 7.02. The molecule has 5 atom stereocenters. The minimum atomic E-state index is -4.41. The zero-order valence-electron chi connectivity index (χ0n) is 18.4. The van der Waals surface area contributed by atoms with E-state index in [1.54, 1.807) is 12.1 Å². The third-order valence-corrected chi connectivity index (χ3v) is 8.45. The number of alkyl halides is 4. The van der Waals surface area contributed by atoms with Gasteiger partial charge in [0.1, 0.15) is 5.75 Å². The summed E-state index contributed by atoms with van der Waals surface area (Å²) in [5, 5.41) is 3.54. The molecule has 1 N–H and O–H groups in total. The van der Waals surface area contributed by atoms with E-state index in [1.165, 1.54) is 11.6 Å². The van der Waals surface area contributed by atoms with Crippen LogP contribution < -0.4 is 10.1 Å². The van der Waals surface area contributed by atoms with E-state index in [4.69, 9.17) is 16.3 Å². The van der Waals surface area contributed by atoms with Gasteiger partial charge in [-0.15, -0.1) is 0 Å². The van der Waals surface area contributed by atoms with E-state index in [-0.39, 0.29) is 35.5 Å². The Morgan fingerprint density at radius 2 is 1.91 bits per heavy atom. The van der Waals surface area contributed by atoms with E-state index in [0.29, 0.717) is 5.02 Å². The fraction of sp³-hybridized carbons (Fsp3) is 0.480. The minimum absolute atomic E-state index is 0.00715. The Hall–Kier alpha value is -1.48. The van der Waals surface area contributed by atoms with Gasteiger partial charge in [-0.3, -0.25) is 4.79 Å². The van der Waals surface area contributed by atoms with Gasteiger partial charge in [0.25, 0.3) is 0 Å². The van der Waals surface area contributed by atoms with Gasteiger partial charge < -0.3 is 10.1 Å². The van der Waals surface area contributed by atoms with Crippen LogP contribution in [-0.4, -0.2) is 24.7 Å². The normalized spacial score (nSPS) is 29.5. The molecule has 0 spiro atoms. The van der Waals surface area contributed by atoms with Crippen molar-refractivity contribution in [2.45, 2.75) is 55.2 Å². The lowest BCUT2D eigenvalue weighted by atomic mass is 9.56. The molecule has 1 aliphatic heterocycles. The summed E-state index contributed by atoms with van der Waals surface area (Å²) in [6, 6.07) is 13.3. The molecule has 4 rings (SSSR count). The fourth-order valence-electron chi connectivity index (χ4n) is 5.72. The summed E-state index contributed by atoms with van der Waals surface area (Å²) in [4.78, 5) is 12.9. The van der Waals surface area contributed by atoms with Gasteiger partial charge in [0, 0.05) is 21.4 Å². The van der Waals surface area contributed by atoms with Crippen molar-refractivity contribution in [2.24, 2.45) is 11.3 Å². The maximum absolute atomic E-state index is 12.9. The van der Waals surface area contributed by atoms with Gasteiger partial charge in [-0.2, -0.15) is 13.2 Å². The second-order valence-corrected chi connectivity index (χ2v) is 10.5. The molecule has 0 unspecified atom stereocenters. The predicted molar refractivity (Wildman–Crippen MR) is 131 cm³/mol. The van der Waals surface area contributed by atoms with Crippen LogP contribution in [0.1, 0.15) is 55.2 Å². The summed E-state index contributed by atoms with van der Waals surface area (Å²) in [5.41, 5.74) is 2.80. The standard InChI is InChI=1S/C25H26ClF3INO2/c1-14-22-21(16-5-3-15(12-30)4-6-16)19(9-10-24(22,2)23(32)31-14)18-8-7-17(11-20(18)26)33-13-25(27,28)29/h3-8,11,14,19,21-22H,9-10,12-13H2,1-2H3,(H,31,32)/t14-,19+,21+,22+,24-/m1/s1. The summed E-state index contributed by atoms with van der Waals surface area (Å²) in [6.45, 7) is 2.75. The lowest BCUT2D eigenvalue weighted by Gasteiger charge is -2.46. The quantitative estimate of drug-likeness (QED) is 0.300. The molecule has 1 amide bonds. The average molecular weight is 592 g/mol. The molecule has 1 saturated heterocycles. The Bertz CT molecular complexity index is 1030. The summed E-state index contributed by atoms with van der Waals surface area (Å²) in [6.07, 6.45) is -2.93. The maximum Gasteiger partial charge on any atom is 0.422 e. The third-order valence-electron chi connectivity index (χ3n) is 7.24. The maximum atomic E-state index is 12.9. The summed E-state index contributed by atoms with van der Waals surface area (Å²) >= 11 is 8.94. The smallest absolute Gasteiger partial charge is 0.422 e.